The van der Waals surface area contributed by atoms with Gasteiger partial charge in [-0.1, -0.05) is 12.8 Å². The van der Waals surface area contributed by atoms with Crippen LogP contribution in [-0.4, -0.2) is 45.3 Å². The third-order valence-corrected chi connectivity index (χ3v) is 3.27. The molecule has 1 fully saturated rings. The van der Waals surface area contributed by atoms with Gasteiger partial charge in [-0.2, -0.15) is 5.10 Å². The fourth-order valence-corrected chi connectivity index (χ4v) is 2.38. The molecule has 6 nitrogen and oxygen atoms in total. The second-order valence-electron chi connectivity index (χ2n) is 4.47. The Morgan fingerprint density at radius 2 is 2.17 bits per heavy atom. The Hall–Kier alpha value is -1.69. The van der Waals surface area contributed by atoms with Crippen molar-refractivity contribution >= 4 is 5.91 Å². The molecule has 0 radical (unpaired) electrons. The molecule has 0 unspecified atom stereocenters. The van der Waals surface area contributed by atoms with E-state index in [0.717, 1.165) is 25.7 Å². The van der Waals surface area contributed by atoms with Gasteiger partial charge >= 0.3 is 0 Å². The van der Waals surface area contributed by atoms with Gasteiger partial charge in [0, 0.05) is 18.7 Å². The molecule has 0 aromatic carbocycles. The highest BCUT2D eigenvalue weighted by Gasteiger charge is 2.27. The number of hydrogen-bond acceptors (Lipinski definition) is 4. The van der Waals surface area contributed by atoms with E-state index in [-0.39, 0.29) is 29.8 Å². The standard InChI is InChI=1S/C12H17N3O3/c16-8-7-15(9-3-1-2-4-9)12(18)10-5-6-11(17)14-13-10/h5-6,9,16H,1-4,7-8H2,(H,14,17). The zero-order valence-corrected chi connectivity index (χ0v) is 10.1. The minimum absolute atomic E-state index is 0.0639. The smallest absolute Gasteiger partial charge is 0.274 e. The Kier molecular flexibility index (Phi) is 4.09. The van der Waals surface area contributed by atoms with Crippen LogP contribution in [0.2, 0.25) is 0 Å². The van der Waals surface area contributed by atoms with E-state index in [0.29, 0.717) is 6.54 Å². The van der Waals surface area contributed by atoms with Crippen LogP contribution in [0.4, 0.5) is 0 Å². The lowest BCUT2D eigenvalue weighted by Gasteiger charge is -2.27. The number of carbonyl (C=O) groups excluding carboxylic acids is 1. The highest BCUT2D eigenvalue weighted by Crippen LogP contribution is 2.24. The van der Waals surface area contributed by atoms with E-state index in [1.807, 2.05) is 0 Å². The summed E-state index contributed by atoms with van der Waals surface area (Å²) in [7, 11) is 0. The maximum absolute atomic E-state index is 12.3. The summed E-state index contributed by atoms with van der Waals surface area (Å²) in [6.07, 6.45) is 4.15. The van der Waals surface area contributed by atoms with Gasteiger partial charge in [-0.25, -0.2) is 5.10 Å². The maximum Gasteiger partial charge on any atom is 0.274 e. The summed E-state index contributed by atoms with van der Waals surface area (Å²) in [5.74, 6) is -0.229. The van der Waals surface area contributed by atoms with Crippen LogP contribution in [0.15, 0.2) is 16.9 Å². The van der Waals surface area contributed by atoms with Gasteiger partial charge in [-0.05, 0) is 18.9 Å². The van der Waals surface area contributed by atoms with Gasteiger partial charge in [0.2, 0.25) is 0 Å². The second-order valence-corrected chi connectivity index (χ2v) is 4.47. The van der Waals surface area contributed by atoms with Crippen LogP contribution < -0.4 is 5.56 Å². The molecule has 0 bridgehead atoms. The molecule has 1 aliphatic rings. The first kappa shape index (κ1) is 12.8. The van der Waals surface area contributed by atoms with Gasteiger partial charge in [0.05, 0.1) is 6.61 Å². The molecule has 18 heavy (non-hydrogen) atoms. The van der Waals surface area contributed by atoms with Crippen LogP contribution in [-0.2, 0) is 0 Å². The zero-order valence-electron chi connectivity index (χ0n) is 10.1. The molecular weight excluding hydrogens is 234 g/mol. The lowest BCUT2D eigenvalue weighted by atomic mass is 10.2. The summed E-state index contributed by atoms with van der Waals surface area (Å²) in [5, 5.41) is 15.1. The minimum atomic E-state index is -0.332. The van der Waals surface area contributed by atoms with Crippen LogP contribution in [0.25, 0.3) is 0 Å². The van der Waals surface area contributed by atoms with Crippen LogP contribution in [0.5, 0.6) is 0 Å². The van der Waals surface area contributed by atoms with Crippen molar-refractivity contribution in [2.45, 2.75) is 31.7 Å². The molecule has 0 atom stereocenters. The molecule has 0 aliphatic heterocycles. The van der Waals surface area contributed by atoms with E-state index < -0.39 is 0 Å². The Bertz CT molecular complexity index is 445. The van der Waals surface area contributed by atoms with Gasteiger partial charge in [0.15, 0.2) is 0 Å². The number of aromatic amines is 1. The molecule has 1 aromatic heterocycles. The third-order valence-electron chi connectivity index (χ3n) is 3.27. The number of aliphatic hydroxyl groups excluding tert-OH is 1. The average Bonchev–Trinajstić information content (AvgIpc) is 2.90. The summed E-state index contributed by atoms with van der Waals surface area (Å²) >= 11 is 0. The van der Waals surface area contributed by atoms with Crippen molar-refractivity contribution in [2.24, 2.45) is 0 Å². The molecule has 0 spiro atoms. The monoisotopic (exact) mass is 251 g/mol. The summed E-state index contributed by atoms with van der Waals surface area (Å²) in [6, 6.07) is 2.88. The highest BCUT2D eigenvalue weighted by molar-refractivity contribution is 5.92. The number of hydrogen-bond donors (Lipinski definition) is 2. The topological polar surface area (TPSA) is 86.3 Å². The van der Waals surface area contributed by atoms with E-state index in [1.165, 1.54) is 12.1 Å². The van der Waals surface area contributed by atoms with E-state index in [1.54, 1.807) is 4.90 Å². The van der Waals surface area contributed by atoms with E-state index >= 15 is 0 Å². The average molecular weight is 251 g/mol. The van der Waals surface area contributed by atoms with Crippen LogP contribution in [0.1, 0.15) is 36.2 Å². The number of amides is 1. The normalized spacial score (nSPS) is 15.8. The van der Waals surface area contributed by atoms with Crippen LogP contribution in [0, 0.1) is 0 Å². The number of rotatable bonds is 4. The largest absolute Gasteiger partial charge is 0.395 e. The molecule has 1 saturated carbocycles. The van der Waals surface area contributed by atoms with Crippen molar-refractivity contribution in [2.75, 3.05) is 13.2 Å². The molecule has 1 aliphatic carbocycles. The molecule has 0 saturated heterocycles. The van der Waals surface area contributed by atoms with E-state index in [4.69, 9.17) is 5.11 Å². The predicted octanol–water partition coefficient (Wildman–Crippen LogP) is 0.147. The minimum Gasteiger partial charge on any atom is -0.395 e. The first-order valence-corrected chi connectivity index (χ1v) is 6.20. The first-order chi connectivity index (χ1) is 8.72. The lowest BCUT2D eigenvalue weighted by Crippen LogP contribution is -2.41. The van der Waals surface area contributed by atoms with Gasteiger partial charge in [-0.3, -0.25) is 9.59 Å². The number of aliphatic hydroxyl groups is 1. The molecule has 2 N–H and O–H groups in total. The van der Waals surface area contributed by atoms with Crippen molar-refractivity contribution in [3.8, 4) is 0 Å². The SMILES string of the molecule is O=C(c1ccc(=O)[nH]n1)N(CCO)C1CCCC1. The fourth-order valence-electron chi connectivity index (χ4n) is 2.38. The number of nitrogens with one attached hydrogen (secondary N) is 1. The van der Waals surface area contributed by atoms with Crippen LogP contribution in [0.3, 0.4) is 0 Å². The Morgan fingerprint density at radius 1 is 1.44 bits per heavy atom. The number of carbonyl (C=O) groups is 1. The second kappa shape index (κ2) is 5.77. The van der Waals surface area contributed by atoms with Gasteiger partial charge in [0.25, 0.3) is 11.5 Å². The Labute approximate surface area is 105 Å². The van der Waals surface area contributed by atoms with Gasteiger partial charge < -0.3 is 10.0 Å². The van der Waals surface area contributed by atoms with Crippen molar-refractivity contribution in [1.29, 1.82) is 0 Å². The number of aromatic nitrogens is 2. The first-order valence-electron chi connectivity index (χ1n) is 6.20. The molecule has 1 heterocycles. The zero-order chi connectivity index (χ0) is 13.0. The highest BCUT2D eigenvalue weighted by atomic mass is 16.3. The van der Waals surface area contributed by atoms with Gasteiger partial charge in [-0.15, -0.1) is 0 Å². The van der Waals surface area contributed by atoms with E-state index in [2.05, 4.69) is 10.2 Å². The molecule has 1 aromatic rings. The predicted molar refractivity (Wildman–Crippen MR) is 65.2 cm³/mol. The Morgan fingerprint density at radius 3 is 2.72 bits per heavy atom. The maximum atomic E-state index is 12.3. The molecule has 98 valence electrons. The van der Waals surface area contributed by atoms with Crippen molar-refractivity contribution in [3.63, 3.8) is 0 Å². The number of H-pyrrole nitrogens is 1. The molecule has 2 rings (SSSR count). The molecule has 1 amide bonds. The lowest BCUT2D eigenvalue weighted by molar-refractivity contribution is 0.0630. The summed E-state index contributed by atoms with van der Waals surface area (Å²) in [5.41, 5.74) is -0.115. The third kappa shape index (κ3) is 2.76. The summed E-state index contributed by atoms with van der Waals surface area (Å²) in [4.78, 5) is 24.8. The van der Waals surface area contributed by atoms with Gasteiger partial charge in [0.1, 0.15) is 5.69 Å². The van der Waals surface area contributed by atoms with E-state index in [9.17, 15) is 9.59 Å². The Balaban J connectivity index is 2.16. The summed E-state index contributed by atoms with van der Waals surface area (Å²) < 4.78 is 0. The van der Waals surface area contributed by atoms with Crippen molar-refractivity contribution in [3.05, 3.63) is 28.2 Å². The molecule has 6 heteroatoms. The summed E-state index contributed by atoms with van der Waals surface area (Å²) in [6.45, 7) is 0.246. The number of nitrogens with zero attached hydrogens (tertiary/aromatic N) is 2. The quantitative estimate of drug-likeness (QED) is 0.797. The van der Waals surface area contributed by atoms with Crippen LogP contribution >= 0.6 is 0 Å². The van der Waals surface area contributed by atoms with Crippen molar-refractivity contribution < 1.29 is 9.90 Å². The van der Waals surface area contributed by atoms with Crippen molar-refractivity contribution in [1.82, 2.24) is 15.1 Å². The fraction of sp³-hybridized carbons (Fsp3) is 0.583. The molecular formula is C12H17N3O3.